The van der Waals surface area contributed by atoms with Crippen LogP contribution in [0.2, 0.25) is 0 Å². The average molecular weight is 363 g/mol. The molecule has 1 fully saturated rings. The number of carboxylic acids is 1. The number of rotatable bonds is 3. The second-order valence-electron chi connectivity index (χ2n) is 3.90. The summed E-state index contributed by atoms with van der Waals surface area (Å²) < 4.78 is 1.61. The van der Waals surface area contributed by atoms with Crippen LogP contribution in [0, 0.1) is 11.8 Å². The van der Waals surface area contributed by atoms with Crippen LogP contribution in [-0.2, 0) is 9.59 Å². The SMILES string of the molecule is O=C(O)[C@H]1C[C@H]1C(=O)Nc1cc(Br)ccc1Br. The highest BCUT2D eigenvalue weighted by atomic mass is 79.9. The minimum Gasteiger partial charge on any atom is -0.481 e. The number of hydrogen-bond acceptors (Lipinski definition) is 2. The van der Waals surface area contributed by atoms with Gasteiger partial charge in [0.2, 0.25) is 5.91 Å². The van der Waals surface area contributed by atoms with Gasteiger partial charge in [0.25, 0.3) is 0 Å². The molecule has 0 heterocycles. The molecule has 1 aliphatic carbocycles. The Morgan fingerprint density at radius 3 is 2.59 bits per heavy atom. The van der Waals surface area contributed by atoms with Gasteiger partial charge in [-0.2, -0.15) is 0 Å². The fraction of sp³-hybridized carbons (Fsp3) is 0.273. The number of carboxylic acid groups (broad SMARTS) is 1. The number of halogens is 2. The lowest BCUT2D eigenvalue weighted by Gasteiger charge is -2.07. The summed E-state index contributed by atoms with van der Waals surface area (Å²) in [5.41, 5.74) is 0.639. The molecule has 0 spiro atoms. The summed E-state index contributed by atoms with van der Waals surface area (Å²) in [6, 6.07) is 5.42. The third kappa shape index (κ3) is 2.87. The van der Waals surface area contributed by atoms with E-state index in [-0.39, 0.29) is 5.91 Å². The zero-order chi connectivity index (χ0) is 12.6. The third-order valence-electron chi connectivity index (χ3n) is 2.63. The van der Waals surface area contributed by atoms with Crippen LogP contribution in [0.3, 0.4) is 0 Å². The number of benzene rings is 1. The molecule has 4 nitrogen and oxygen atoms in total. The Morgan fingerprint density at radius 2 is 2.00 bits per heavy atom. The van der Waals surface area contributed by atoms with Gasteiger partial charge >= 0.3 is 5.97 Å². The molecule has 1 aromatic rings. The molecule has 2 rings (SSSR count). The molecular formula is C11H9Br2NO3. The molecule has 0 aromatic heterocycles. The highest BCUT2D eigenvalue weighted by Crippen LogP contribution is 2.40. The van der Waals surface area contributed by atoms with Crippen molar-refractivity contribution in [3.63, 3.8) is 0 Å². The van der Waals surface area contributed by atoms with E-state index in [9.17, 15) is 9.59 Å². The second-order valence-corrected chi connectivity index (χ2v) is 5.67. The van der Waals surface area contributed by atoms with Gasteiger partial charge in [-0.05, 0) is 40.5 Å². The van der Waals surface area contributed by atoms with Gasteiger partial charge in [0.15, 0.2) is 0 Å². The van der Waals surface area contributed by atoms with E-state index < -0.39 is 17.8 Å². The van der Waals surface area contributed by atoms with Crippen molar-refractivity contribution in [2.24, 2.45) is 11.8 Å². The van der Waals surface area contributed by atoms with Gasteiger partial charge in [-0.1, -0.05) is 15.9 Å². The van der Waals surface area contributed by atoms with Gasteiger partial charge in [-0.25, -0.2) is 0 Å². The van der Waals surface area contributed by atoms with Crippen LogP contribution in [-0.4, -0.2) is 17.0 Å². The molecule has 90 valence electrons. The van der Waals surface area contributed by atoms with Gasteiger partial charge in [-0.3, -0.25) is 9.59 Å². The molecule has 6 heteroatoms. The molecule has 17 heavy (non-hydrogen) atoms. The molecular weight excluding hydrogens is 354 g/mol. The highest BCUT2D eigenvalue weighted by Gasteiger charge is 2.48. The fourth-order valence-electron chi connectivity index (χ4n) is 1.58. The number of anilines is 1. The number of amides is 1. The van der Waals surface area contributed by atoms with Gasteiger partial charge in [0.1, 0.15) is 0 Å². The maximum atomic E-state index is 11.7. The van der Waals surface area contributed by atoms with Crippen molar-refractivity contribution in [1.82, 2.24) is 0 Å². The molecule has 1 aliphatic rings. The van der Waals surface area contributed by atoms with E-state index in [2.05, 4.69) is 37.2 Å². The number of hydrogen-bond donors (Lipinski definition) is 2. The molecule has 2 atom stereocenters. The van der Waals surface area contributed by atoms with Crippen LogP contribution < -0.4 is 5.32 Å². The van der Waals surface area contributed by atoms with E-state index in [0.29, 0.717) is 12.1 Å². The summed E-state index contributed by atoms with van der Waals surface area (Å²) in [7, 11) is 0. The van der Waals surface area contributed by atoms with Crippen molar-refractivity contribution >= 4 is 49.4 Å². The molecule has 0 saturated heterocycles. The Morgan fingerprint density at radius 1 is 1.29 bits per heavy atom. The molecule has 0 unspecified atom stereocenters. The monoisotopic (exact) mass is 361 g/mol. The maximum absolute atomic E-state index is 11.7. The Bertz CT molecular complexity index is 490. The number of nitrogens with one attached hydrogen (secondary N) is 1. The van der Waals surface area contributed by atoms with Crippen molar-refractivity contribution in [1.29, 1.82) is 0 Å². The lowest BCUT2D eigenvalue weighted by atomic mass is 10.2. The summed E-state index contributed by atoms with van der Waals surface area (Å²) in [6.07, 6.45) is 0.423. The Balaban J connectivity index is 2.04. The molecule has 1 aromatic carbocycles. The molecule has 0 radical (unpaired) electrons. The van der Waals surface area contributed by atoms with Crippen molar-refractivity contribution < 1.29 is 14.7 Å². The average Bonchev–Trinajstić information content (AvgIpc) is 3.03. The van der Waals surface area contributed by atoms with Crippen LogP contribution in [0.4, 0.5) is 5.69 Å². The number of carbonyl (C=O) groups is 2. The quantitative estimate of drug-likeness (QED) is 0.868. The third-order valence-corrected chi connectivity index (χ3v) is 3.82. The number of carbonyl (C=O) groups excluding carboxylic acids is 1. The van der Waals surface area contributed by atoms with E-state index >= 15 is 0 Å². The minimum atomic E-state index is -0.904. The van der Waals surface area contributed by atoms with Gasteiger partial charge in [-0.15, -0.1) is 0 Å². The standard InChI is InChI=1S/C11H9Br2NO3/c12-5-1-2-8(13)9(3-5)14-10(15)6-4-7(6)11(16)17/h1-3,6-7H,4H2,(H,14,15)(H,16,17)/t6-,7+/m1/s1. The van der Waals surface area contributed by atoms with Crippen LogP contribution in [0.1, 0.15) is 6.42 Å². The summed E-state index contributed by atoms with van der Waals surface area (Å²) >= 11 is 6.63. The number of aliphatic carboxylic acids is 1. The minimum absolute atomic E-state index is 0.240. The second kappa shape index (κ2) is 4.78. The first-order valence-corrected chi connectivity index (χ1v) is 6.56. The first kappa shape index (κ1) is 12.6. The lowest BCUT2D eigenvalue weighted by Crippen LogP contribution is -2.17. The first-order chi connectivity index (χ1) is 7.99. The maximum Gasteiger partial charge on any atom is 0.307 e. The van der Waals surface area contributed by atoms with Crippen molar-refractivity contribution in [2.75, 3.05) is 5.32 Å². The van der Waals surface area contributed by atoms with Gasteiger partial charge < -0.3 is 10.4 Å². The zero-order valence-electron chi connectivity index (χ0n) is 8.61. The summed E-state index contributed by atoms with van der Waals surface area (Å²) in [5.74, 6) is -2.08. The normalized spacial score (nSPS) is 22.0. The van der Waals surface area contributed by atoms with Crippen molar-refractivity contribution in [3.05, 3.63) is 27.1 Å². The smallest absolute Gasteiger partial charge is 0.307 e. The van der Waals surface area contributed by atoms with Crippen molar-refractivity contribution in [3.8, 4) is 0 Å². The molecule has 2 N–H and O–H groups in total. The van der Waals surface area contributed by atoms with Crippen molar-refractivity contribution in [2.45, 2.75) is 6.42 Å². The van der Waals surface area contributed by atoms with E-state index in [4.69, 9.17) is 5.11 Å². The Hall–Kier alpha value is -0.880. The topological polar surface area (TPSA) is 66.4 Å². The largest absolute Gasteiger partial charge is 0.481 e. The van der Waals surface area contributed by atoms with E-state index in [1.807, 2.05) is 6.07 Å². The lowest BCUT2D eigenvalue weighted by molar-refractivity contribution is -0.139. The molecule has 1 saturated carbocycles. The predicted octanol–water partition coefficient (Wildman–Crippen LogP) is 2.87. The predicted molar refractivity (Wildman–Crippen MR) is 69.7 cm³/mol. The zero-order valence-corrected chi connectivity index (χ0v) is 11.8. The van der Waals surface area contributed by atoms with E-state index in [1.54, 1.807) is 12.1 Å². The Labute approximate surface area is 115 Å². The molecule has 0 bridgehead atoms. The van der Waals surface area contributed by atoms with Crippen LogP contribution in [0.25, 0.3) is 0 Å². The molecule has 0 aliphatic heterocycles. The van der Waals surface area contributed by atoms with Crippen LogP contribution >= 0.6 is 31.9 Å². The first-order valence-electron chi connectivity index (χ1n) is 4.98. The van der Waals surface area contributed by atoms with Gasteiger partial charge in [0.05, 0.1) is 17.5 Å². The van der Waals surface area contributed by atoms with E-state index in [1.165, 1.54) is 0 Å². The fourth-order valence-corrected chi connectivity index (χ4v) is 2.28. The van der Waals surface area contributed by atoms with E-state index in [0.717, 1.165) is 8.95 Å². The summed E-state index contributed by atoms with van der Waals surface area (Å²) in [6.45, 7) is 0. The molecule has 1 amide bonds. The van der Waals surface area contributed by atoms with Crippen LogP contribution in [0.15, 0.2) is 27.1 Å². The Kier molecular flexibility index (Phi) is 3.53. The van der Waals surface area contributed by atoms with Gasteiger partial charge in [0, 0.05) is 8.95 Å². The van der Waals surface area contributed by atoms with Crippen LogP contribution in [0.5, 0.6) is 0 Å². The summed E-state index contributed by atoms with van der Waals surface area (Å²) in [5, 5.41) is 11.5. The summed E-state index contributed by atoms with van der Waals surface area (Å²) in [4.78, 5) is 22.4. The highest BCUT2D eigenvalue weighted by molar-refractivity contribution is 9.11.